The number of carbonyl (C=O) groups is 4. The summed E-state index contributed by atoms with van der Waals surface area (Å²) in [7, 11) is 0. The van der Waals surface area contributed by atoms with Crippen molar-refractivity contribution in [1.29, 1.82) is 0 Å². The molecule has 57 nitrogen and oxygen atoms in total. The highest BCUT2D eigenvalue weighted by molar-refractivity contribution is 5.74. The third kappa shape index (κ3) is 23.0. The first-order chi connectivity index (χ1) is 59.7. The fourth-order valence-electron chi connectivity index (χ4n) is 16.1. The Hall–Kier alpha value is -4.65. The van der Waals surface area contributed by atoms with Gasteiger partial charge in [-0.1, -0.05) is 5.11 Å². The SMILES string of the molecule is CC(=O)NC1[C@H](O[C@H]2C(O)[C@@H](O)C(CO)O[C@H]2O[C@H]2C(O)[C@H](O[C@@H]3C(CO)O[C@@H](O[C@@H]4C(CO)O[C@@H](OCN=[N+]=[N-])C(NC(C)=O)[C@@H]4O)C(NC(C)=O)[C@H]3O)OC(CO[C@H]3OC(CO)[C@@H](O)[C@H](O)C3O[C@@H]3OC(CO)[C@@H](O[C@@H]4OC(CO)[C@H](O)[C@H](O)C4O)[C@H](O[C@@H]4OC(C)[C@@H](O)[C@H](O)C4O)C3NC(C)=O)[C@H]2O)OC(CO)[C@@H](O[C@@H]2OC(CO)[C@H](O)[C@H](O)C2O)[C@@H]1O. The predicted octanol–water partition coefficient (Wildman–Crippen LogP) is -19.9. The van der Waals surface area contributed by atoms with Crippen LogP contribution in [0.25, 0.3) is 10.4 Å². The van der Waals surface area contributed by atoms with Gasteiger partial charge in [0.25, 0.3) is 0 Å². The Morgan fingerprint density at radius 3 is 0.968 bits per heavy atom. The van der Waals surface area contributed by atoms with E-state index in [1.807, 2.05) is 0 Å². The van der Waals surface area contributed by atoms with Gasteiger partial charge >= 0.3 is 0 Å². The van der Waals surface area contributed by atoms with Gasteiger partial charge in [-0.15, -0.1) is 0 Å². The van der Waals surface area contributed by atoms with E-state index < -0.39 is 397 Å². The first kappa shape index (κ1) is 103. The molecule has 0 aromatic heterocycles. The Bertz CT molecular complexity index is 3480. The van der Waals surface area contributed by atoms with Gasteiger partial charge in [0, 0.05) is 32.6 Å². The van der Waals surface area contributed by atoms with Gasteiger partial charge in [0.2, 0.25) is 23.6 Å². The van der Waals surface area contributed by atoms with Crippen molar-refractivity contribution >= 4 is 23.6 Å². The molecule has 30 N–H and O–H groups in total. The molecule has 0 aliphatic carbocycles. The van der Waals surface area contributed by atoms with Crippen molar-refractivity contribution in [3.63, 3.8) is 0 Å². The normalized spacial score (nSPS) is 48.4. The van der Waals surface area contributed by atoms with Crippen molar-refractivity contribution in [2.45, 2.75) is 341 Å². The smallest absolute Gasteiger partial charge is 0.217 e. The van der Waals surface area contributed by atoms with Crippen LogP contribution in [0.2, 0.25) is 0 Å². The Morgan fingerprint density at radius 2 is 0.556 bits per heavy atom. The van der Waals surface area contributed by atoms with Crippen LogP contribution in [0.4, 0.5) is 0 Å². The lowest BCUT2D eigenvalue weighted by atomic mass is 9.93. The predicted molar refractivity (Wildman–Crippen MR) is 388 cm³/mol. The number of aliphatic hydroxyl groups excluding tert-OH is 26. The second-order valence-electron chi connectivity index (χ2n) is 31.5. The molecule has 726 valence electrons. The fourth-order valence-corrected chi connectivity index (χ4v) is 16.1. The first-order valence-corrected chi connectivity index (χ1v) is 40.0. The standard InChI is InChI=1S/C69H115N7O50/c1-16-34(89)43(98)48(103)64(109-16)123-56-33(75-20(5)88)63(117-28(13-84)55(56)122-66-50(105)45(100)36(91)22(7-78)111-66)125-58-46(101)37(92)23(8-79)112-68(58)107-14-29-39(94)57(51(106)67(118-29)121-54-27(12-83)115-61(31(41(54)96)73-18(3)86)119-52-25(10-81)114-60(108-15-71-76-70)30(40(52)95)72-17(2)85)124-69-59(47(102)38(93)24(9-80)113-69)126-62-32(74-19(4)87)42(97)53(26(11-82)116-62)120-65-49(104)44(99)35(90)21(6-77)110-65/h16,21-69,77-84,89-106H,6-15H2,1-5H3,(H,72,85)(H,73,86)(H,74,87)(H,75,88)/t16?,21?,22?,23?,24?,25?,26?,27?,28?,29?,30?,31?,32?,33?,34-,35+,36+,37-,38+,39-,40+,41-,42-,43+,44+,45+,46+,47?,48?,49?,50?,51?,52-,53-,54-,55-,56-,57-,58?,59+,60-,61+,62+,63+,64+,65+,66+,67+,68+,69+/m1/s1. The summed E-state index contributed by atoms with van der Waals surface area (Å²) in [5, 5.41) is 305. The van der Waals surface area contributed by atoms with E-state index in [1.54, 1.807) is 0 Å². The number of carbonyl (C=O) groups excluding carboxylic acids is 4. The van der Waals surface area contributed by atoms with Crippen molar-refractivity contribution < 1.29 is 247 Å². The molecular weight excluding hydrogens is 1730 g/mol. The minimum atomic E-state index is -2.64. The van der Waals surface area contributed by atoms with E-state index in [1.165, 1.54) is 6.92 Å². The minimum Gasteiger partial charge on any atom is -0.394 e. The zero-order valence-electron chi connectivity index (χ0n) is 67.7. The quantitative estimate of drug-likeness (QED) is 0.0162. The monoisotopic (exact) mass is 1840 g/mol. The van der Waals surface area contributed by atoms with E-state index in [0.29, 0.717) is 0 Å². The topological polar surface area (TPSA) is 876 Å². The first-order valence-electron chi connectivity index (χ1n) is 40.0. The molecule has 50 atom stereocenters. The van der Waals surface area contributed by atoms with Crippen LogP contribution in [0.1, 0.15) is 34.6 Å². The Morgan fingerprint density at radius 1 is 0.270 bits per heavy atom. The molecule has 0 bridgehead atoms. The van der Waals surface area contributed by atoms with Crippen molar-refractivity contribution in [2.75, 3.05) is 66.2 Å². The van der Waals surface area contributed by atoms with Crippen molar-refractivity contribution in [3.8, 4) is 0 Å². The van der Waals surface area contributed by atoms with Gasteiger partial charge < -0.3 is 249 Å². The molecule has 10 aliphatic rings. The number of hydrogen-bond acceptors (Lipinski definition) is 51. The highest BCUT2D eigenvalue weighted by Gasteiger charge is 2.62. The summed E-state index contributed by atoms with van der Waals surface area (Å²) in [5.74, 6) is -3.77. The van der Waals surface area contributed by atoms with Crippen LogP contribution in [-0.2, 0) is 114 Å². The lowest BCUT2D eigenvalue weighted by Gasteiger charge is -2.51. The maximum absolute atomic E-state index is 13.5. The maximum atomic E-state index is 13.5. The van der Waals surface area contributed by atoms with Crippen LogP contribution in [0.5, 0.6) is 0 Å². The molecule has 0 saturated carbocycles. The highest BCUT2D eigenvalue weighted by Crippen LogP contribution is 2.42. The number of rotatable bonds is 34. The number of ether oxygens (including phenoxy) is 20. The molecule has 10 rings (SSSR count). The molecule has 4 amide bonds. The number of nitrogens with zero attached hydrogens (tertiary/aromatic N) is 3. The molecule has 10 fully saturated rings. The Kier molecular flexibility index (Phi) is 37.6. The summed E-state index contributed by atoms with van der Waals surface area (Å²) in [6.45, 7) is -6.05. The van der Waals surface area contributed by atoms with Crippen LogP contribution >= 0.6 is 0 Å². The van der Waals surface area contributed by atoms with Crippen LogP contribution in [0, 0.1) is 0 Å². The molecule has 57 heteroatoms. The minimum absolute atomic E-state index is 0.741. The van der Waals surface area contributed by atoms with E-state index in [0.717, 1.165) is 27.7 Å². The van der Waals surface area contributed by atoms with Gasteiger partial charge in [0.05, 0.1) is 65.6 Å². The van der Waals surface area contributed by atoms with Crippen molar-refractivity contribution in [2.24, 2.45) is 5.11 Å². The molecule has 10 saturated heterocycles. The molecule has 0 radical (unpaired) electrons. The van der Waals surface area contributed by atoms with Gasteiger partial charge in [-0.05, 0) is 12.5 Å². The zero-order chi connectivity index (χ0) is 92.6. The third-order valence-corrected chi connectivity index (χ3v) is 22.8. The summed E-state index contributed by atoms with van der Waals surface area (Å²) < 4.78 is 120. The molecule has 126 heavy (non-hydrogen) atoms. The van der Waals surface area contributed by atoms with Crippen molar-refractivity contribution in [1.82, 2.24) is 21.3 Å². The molecule has 0 aromatic carbocycles. The second kappa shape index (κ2) is 45.9. The van der Waals surface area contributed by atoms with Crippen LogP contribution in [0.3, 0.4) is 0 Å². The maximum Gasteiger partial charge on any atom is 0.217 e. The van der Waals surface area contributed by atoms with Gasteiger partial charge in [-0.3, -0.25) is 19.2 Å². The van der Waals surface area contributed by atoms with Gasteiger partial charge in [0.1, 0.15) is 245 Å². The lowest BCUT2D eigenvalue weighted by molar-refractivity contribution is -0.400. The molecular formula is C69H115N7O50. The van der Waals surface area contributed by atoms with E-state index in [9.17, 15) is 152 Å². The number of amides is 4. The van der Waals surface area contributed by atoms with E-state index >= 15 is 0 Å². The Labute approximate surface area is 712 Å². The average molecular weight is 1840 g/mol. The number of nitrogens with one attached hydrogen (secondary N) is 4. The van der Waals surface area contributed by atoms with Crippen LogP contribution in [0.15, 0.2) is 5.11 Å². The fraction of sp³-hybridized carbons (Fsp3) is 0.942. The van der Waals surface area contributed by atoms with Crippen molar-refractivity contribution in [3.05, 3.63) is 10.4 Å². The van der Waals surface area contributed by atoms with E-state index in [4.69, 9.17) is 100 Å². The zero-order valence-corrected chi connectivity index (χ0v) is 67.7. The highest BCUT2D eigenvalue weighted by atomic mass is 16.8. The number of aliphatic hydroxyl groups is 26. The molecule has 20 unspecified atom stereocenters. The average Bonchev–Trinajstić information content (AvgIpc) is 0.766. The van der Waals surface area contributed by atoms with Gasteiger partial charge in [-0.25, -0.2) is 0 Å². The molecule has 10 heterocycles. The van der Waals surface area contributed by atoms with E-state index in [-0.39, 0.29) is 0 Å². The lowest BCUT2D eigenvalue weighted by Crippen LogP contribution is -2.71. The summed E-state index contributed by atoms with van der Waals surface area (Å²) >= 11 is 0. The Balaban J connectivity index is 1.01. The summed E-state index contributed by atoms with van der Waals surface area (Å²) in [6.07, 6.45) is -97.0. The van der Waals surface area contributed by atoms with E-state index in [2.05, 4.69) is 31.3 Å². The number of hydrogen-bond donors (Lipinski definition) is 30. The second-order valence-corrected chi connectivity index (χ2v) is 31.5. The van der Waals surface area contributed by atoms with Gasteiger partial charge in [-0.2, -0.15) is 0 Å². The molecule has 0 aromatic rings. The summed E-state index contributed by atoms with van der Waals surface area (Å²) in [4.78, 5) is 54.8. The number of azide groups is 1. The third-order valence-electron chi connectivity index (χ3n) is 22.8. The van der Waals surface area contributed by atoms with Crippen LogP contribution in [-0.4, -0.2) is 529 Å². The summed E-state index contributed by atoms with van der Waals surface area (Å²) in [5.41, 5.74) is 8.90. The van der Waals surface area contributed by atoms with Gasteiger partial charge in [0.15, 0.2) is 62.9 Å². The van der Waals surface area contributed by atoms with Crippen LogP contribution < -0.4 is 21.3 Å². The largest absolute Gasteiger partial charge is 0.394 e. The molecule has 10 aliphatic heterocycles. The molecule has 0 spiro atoms. The summed E-state index contributed by atoms with van der Waals surface area (Å²) in [6, 6.07) is -7.61.